The number of hydrogen-bond acceptors (Lipinski definition) is 4. The standard InChI is InChI=1S/C26H32N4O4/c1-18(2)23(28-22(31)16-20-12-7-4-8-13-20)25(33)29-24(32)21-17-30(26(34)27-21)15-9-14-19-10-5-3-6-11-19/h3-8,10-13,18,21,23H,9,14-17H2,1-2H3,(H,27,34)(H,28,31)(H,29,32,33)/t21?,23-/m0/s1. The molecule has 1 unspecified atom stereocenters. The second kappa shape index (κ2) is 12.0. The van der Waals surface area contributed by atoms with E-state index in [0.717, 1.165) is 18.4 Å². The van der Waals surface area contributed by atoms with Gasteiger partial charge in [0.1, 0.15) is 12.1 Å². The lowest BCUT2D eigenvalue weighted by Gasteiger charge is -2.22. The lowest BCUT2D eigenvalue weighted by molar-refractivity contribution is -0.135. The van der Waals surface area contributed by atoms with Gasteiger partial charge in [-0.2, -0.15) is 0 Å². The molecule has 0 aliphatic carbocycles. The van der Waals surface area contributed by atoms with Gasteiger partial charge in [0.15, 0.2) is 0 Å². The third kappa shape index (κ3) is 7.16. The first kappa shape index (κ1) is 25.0. The summed E-state index contributed by atoms with van der Waals surface area (Å²) in [6.45, 7) is 4.30. The van der Waals surface area contributed by atoms with Gasteiger partial charge < -0.3 is 15.5 Å². The first-order valence-corrected chi connectivity index (χ1v) is 11.6. The van der Waals surface area contributed by atoms with E-state index in [9.17, 15) is 19.2 Å². The van der Waals surface area contributed by atoms with E-state index >= 15 is 0 Å². The van der Waals surface area contributed by atoms with E-state index in [1.54, 1.807) is 18.7 Å². The molecule has 1 aliphatic heterocycles. The Kier molecular flexibility index (Phi) is 8.79. The van der Waals surface area contributed by atoms with Crippen molar-refractivity contribution in [1.82, 2.24) is 20.9 Å². The largest absolute Gasteiger partial charge is 0.344 e. The fourth-order valence-electron chi connectivity index (χ4n) is 3.88. The van der Waals surface area contributed by atoms with Crippen LogP contribution in [0.25, 0.3) is 0 Å². The first-order valence-electron chi connectivity index (χ1n) is 11.6. The van der Waals surface area contributed by atoms with Crippen molar-refractivity contribution < 1.29 is 19.2 Å². The molecule has 1 saturated heterocycles. The fourth-order valence-corrected chi connectivity index (χ4v) is 3.88. The van der Waals surface area contributed by atoms with E-state index in [2.05, 4.69) is 16.0 Å². The Bertz CT molecular complexity index is 994. The summed E-state index contributed by atoms with van der Waals surface area (Å²) in [7, 11) is 0. The van der Waals surface area contributed by atoms with Crippen molar-refractivity contribution in [3.05, 3.63) is 71.8 Å². The zero-order chi connectivity index (χ0) is 24.5. The molecule has 0 saturated carbocycles. The molecule has 34 heavy (non-hydrogen) atoms. The molecular formula is C26H32N4O4. The van der Waals surface area contributed by atoms with Gasteiger partial charge in [0, 0.05) is 6.54 Å². The molecule has 2 atom stereocenters. The molecule has 2 aromatic carbocycles. The van der Waals surface area contributed by atoms with Crippen molar-refractivity contribution in [2.45, 2.75) is 45.2 Å². The van der Waals surface area contributed by atoms with E-state index in [0.29, 0.717) is 6.54 Å². The number of hydrogen-bond donors (Lipinski definition) is 3. The van der Waals surface area contributed by atoms with Crippen molar-refractivity contribution in [3.63, 3.8) is 0 Å². The van der Waals surface area contributed by atoms with Crippen molar-refractivity contribution in [1.29, 1.82) is 0 Å². The molecule has 0 spiro atoms. The van der Waals surface area contributed by atoms with Gasteiger partial charge in [-0.15, -0.1) is 0 Å². The molecule has 0 aromatic heterocycles. The number of carbonyl (C=O) groups excluding carboxylic acids is 4. The van der Waals surface area contributed by atoms with Gasteiger partial charge >= 0.3 is 6.03 Å². The van der Waals surface area contributed by atoms with Crippen molar-refractivity contribution in [2.24, 2.45) is 5.92 Å². The van der Waals surface area contributed by atoms with E-state index in [4.69, 9.17) is 0 Å². The molecule has 2 aromatic rings. The number of urea groups is 1. The zero-order valence-corrected chi connectivity index (χ0v) is 19.6. The minimum Gasteiger partial charge on any atom is -0.344 e. The molecule has 8 heteroatoms. The average Bonchev–Trinajstić information content (AvgIpc) is 3.19. The van der Waals surface area contributed by atoms with Crippen LogP contribution >= 0.6 is 0 Å². The molecule has 180 valence electrons. The Morgan fingerprint density at radius 3 is 2.24 bits per heavy atom. The Morgan fingerprint density at radius 1 is 1.00 bits per heavy atom. The summed E-state index contributed by atoms with van der Waals surface area (Å²) in [6.07, 6.45) is 1.74. The number of nitrogens with one attached hydrogen (secondary N) is 3. The topological polar surface area (TPSA) is 108 Å². The molecule has 5 amide bonds. The Morgan fingerprint density at radius 2 is 1.62 bits per heavy atom. The Hall–Kier alpha value is -3.68. The van der Waals surface area contributed by atoms with Gasteiger partial charge in [-0.25, -0.2) is 4.79 Å². The van der Waals surface area contributed by atoms with Crippen LogP contribution in [0.2, 0.25) is 0 Å². The number of amides is 5. The quantitative estimate of drug-likeness (QED) is 0.500. The summed E-state index contributed by atoms with van der Waals surface area (Å²) >= 11 is 0. The van der Waals surface area contributed by atoms with Crippen molar-refractivity contribution in [2.75, 3.05) is 13.1 Å². The number of rotatable bonds is 10. The molecule has 3 N–H and O–H groups in total. The van der Waals surface area contributed by atoms with Crippen LogP contribution in [0.4, 0.5) is 4.79 Å². The maximum atomic E-state index is 12.8. The minimum absolute atomic E-state index is 0.141. The van der Waals surface area contributed by atoms with Crippen molar-refractivity contribution in [3.8, 4) is 0 Å². The molecule has 3 rings (SSSR count). The van der Waals surface area contributed by atoms with Crippen LogP contribution in [0.3, 0.4) is 0 Å². The molecule has 1 fully saturated rings. The van der Waals surface area contributed by atoms with Crippen LogP contribution < -0.4 is 16.0 Å². The fraction of sp³-hybridized carbons (Fsp3) is 0.385. The maximum absolute atomic E-state index is 12.8. The van der Waals surface area contributed by atoms with Crippen molar-refractivity contribution >= 4 is 23.8 Å². The summed E-state index contributed by atoms with van der Waals surface area (Å²) in [5.41, 5.74) is 2.02. The molecule has 0 bridgehead atoms. The Labute approximate surface area is 200 Å². The molecule has 8 nitrogen and oxygen atoms in total. The minimum atomic E-state index is -0.862. The summed E-state index contributed by atoms with van der Waals surface area (Å²) in [4.78, 5) is 51.7. The predicted molar refractivity (Wildman–Crippen MR) is 129 cm³/mol. The Balaban J connectivity index is 1.48. The number of carbonyl (C=O) groups is 4. The lowest BCUT2D eigenvalue weighted by atomic mass is 10.0. The van der Waals surface area contributed by atoms with Gasteiger partial charge in [0.25, 0.3) is 5.91 Å². The van der Waals surface area contributed by atoms with E-state index in [-0.39, 0.29) is 30.8 Å². The van der Waals surface area contributed by atoms with Gasteiger partial charge in [-0.3, -0.25) is 19.7 Å². The summed E-state index contributed by atoms with van der Waals surface area (Å²) in [5, 5.41) is 7.72. The highest BCUT2D eigenvalue weighted by molar-refractivity contribution is 6.03. The van der Waals surface area contributed by atoms with E-state index in [1.165, 1.54) is 5.56 Å². The normalized spacial score (nSPS) is 16.1. The highest BCUT2D eigenvalue weighted by Crippen LogP contribution is 2.09. The van der Waals surface area contributed by atoms with Gasteiger partial charge in [-0.1, -0.05) is 74.5 Å². The molecule has 1 aliphatic rings. The summed E-state index contributed by atoms with van der Waals surface area (Å²) in [6, 6.07) is 17.2. The second-order valence-electron chi connectivity index (χ2n) is 8.84. The maximum Gasteiger partial charge on any atom is 0.318 e. The second-order valence-corrected chi connectivity index (χ2v) is 8.84. The molecule has 1 heterocycles. The molecular weight excluding hydrogens is 432 g/mol. The zero-order valence-electron chi connectivity index (χ0n) is 19.6. The number of aryl methyl sites for hydroxylation is 1. The van der Waals surface area contributed by atoms with Crippen LogP contribution in [0.5, 0.6) is 0 Å². The molecule has 0 radical (unpaired) electrons. The SMILES string of the molecule is CC(C)[C@H](NC(=O)Cc1ccccc1)C(=O)NC(=O)C1CN(CCCc2ccccc2)C(=O)N1. The highest BCUT2D eigenvalue weighted by Gasteiger charge is 2.35. The van der Waals surface area contributed by atoms with Gasteiger partial charge in [0.05, 0.1) is 13.0 Å². The van der Waals surface area contributed by atoms with E-state index < -0.39 is 23.9 Å². The van der Waals surface area contributed by atoms with Crippen LogP contribution in [0, 0.1) is 5.92 Å². The lowest BCUT2D eigenvalue weighted by Crippen LogP contribution is -2.54. The average molecular weight is 465 g/mol. The first-order chi connectivity index (χ1) is 16.3. The monoisotopic (exact) mass is 464 g/mol. The van der Waals surface area contributed by atoms with Crippen LogP contribution in [-0.4, -0.2) is 53.8 Å². The highest BCUT2D eigenvalue weighted by atomic mass is 16.2. The smallest absolute Gasteiger partial charge is 0.318 e. The third-order valence-electron chi connectivity index (χ3n) is 5.76. The number of benzene rings is 2. The predicted octanol–water partition coefficient (Wildman–Crippen LogP) is 2.04. The van der Waals surface area contributed by atoms with Crippen LogP contribution in [0.1, 0.15) is 31.4 Å². The van der Waals surface area contributed by atoms with Crippen LogP contribution in [-0.2, 0) is 27.2 Å². The summed E-state index contributed by atoms with van der Waals surface area (Å²) in [5.74, 6) is -1.68. The third-order valence-corrected chi connectivity index (χ3v) is 5.76. The van der Waals surface area contributed by atoms with Gasteiger partial charge in [0.2, 0.25) is 11.8 Å². The summed E-state index contributed by atoms with van der Waals surface area (Å²) < 4.78 is 0. The van der Waals surface area contributed by atoms with Gasteiger partial charge in [-0.05, 0) is 29.9 Å². The number of nitrogens with zero attached hydrogens (tertiary/aromatic N) is 1. The van der Waals surface area contributed by atoms with Crippen LogP contribution in [0.15, 0.2) is 60.7 Å². The number of imide groups is 1. The van der Waals surface area contributed by atoms with E-state index in [1.807, 2.05) is 60.7 Å².